The Balaban J connectivity index is 1.17. The third kappa shape index (κ3) is 5.64. The summed E-state index contributed by atoms with van der Waals surface area (Å²) in [5.74, 6) is -0.130. The minimum Gasteiger partial charge on any atom is -0.398 e. The van der Waals surface area contributed by atoms with E-state index in [1.807, 2.05) is 6.07 Å². The van der Waals surface area contributed by atoms with Crippen LogP contribution in [0.5, 0.6) is 0 Å². The number of aromatic amines is 1. The highest BCUT2D eigenvalue weighted by molar-refractivity contribution is 8.44. The molecule has 4 aromatic rings. The van der Waals surface area contributed by atoms with Crippen LogP contribution in [-0.4, -0.2) is 71.6 Å². The summed E-state index contributed by atoms with van der Waals surface area (Å²) in [6.45, 7) is -8.34. The van der Waals surface area contributed by atoms with Crippen LogP contribution >= 0.6 is 25.8 Å². The van der Waals surface area contributed by atoms with Crippen LogP contribution in [0.15, 0.2) is 35.6 Å². The van der Waals surface area contributed by atoms with Crippen LogP contribution in [0.1, 0.15) is 25.3 Å². The van der Waals surface area contributed by atoms with Crippen molar-refractivity contribution in [2.75, 3.05) is 24.7 Å². The molecule has 0 amide bonds. The second kappa shape index (κ2) is 10.9. The number of thiol groups is 1. The highest BCUT2D eigenvalue weighted by Gasteiger charge is 2.46. The van der Waals surface area contributed by atoms with Crippen LogP contribution < -0.4 is 17.0 Å². The van der Waals surface area contributed by atoms with Gasteiger partial charge in [0.15, 0.2) is 17.4 Å². The van der Waals surface area contributed by atoms with Crippen molar-refractivity contribution in [2.45, 2.75) is 49.7 Å². The first-order valence-corrected chi connectivity index (χ1v) is 18.3. The molecule has 3 fully saturated rings. The fourth-order valence-electron chi connectivity index (χ4n) is 5.48. The first-order chi connectivity index (χ1) is 20.5. The molecule has 6 N–H and O–H groups in total. The molecule has 7 heterocycles. The lowest BCUT2D eigenvalue weighted by Crippen LogP contribution is -2.29. The Morgan fingerprint density at radius 1 is 1.05 bits per heavy atom. The van der Waals surface area contributed by atoms with E-state index in [0.717, 1.165) is 5.39 Å². The lowest BCUT2D eigenvalue weighted by molar-refractivity contribution is -0.0572. The van der Waals surface area contributed by atoms with E-state index in [1.165, 1.54) is 10.9 Å². The van der Waals surface area contributed by atoms with E-state index >= 15 is 0 Å². The number of ether oxygens (including phenoxy) is 2. The average Bonchev–Trinajstić information content (AvgIpc) is 3.71. The van der Waals surface area contributed by atoms with Crippen molar-refractivity contribution < 1.29 is 37.0 Å². The van der Waals surface area contributed by atoms with E-state index in [9.17, 15) is 14.3 Å². The van der Waals surface area contributed by atoms with Gasteiger partial charge < -0.3 is 39.4 Å². The average molecular weight is 673 g/mol. The van der Waals surface area contributed by atoms with Crippen molar-refractivity contribution in [1.29, 1.82) is 0 Å². The zero-order chi connectivity index (χ0) is 30.1. The fourth-order valence-corrected chi connectivity index (χ4v) is 8.47. The number of H-pyrrole nitrogens is 1. The van der Waals surface area contributed by atoms with Gasteiger partial charge in [-0.05, 0) is 23.9 Å². The molecule has 0 spiro atoms. The Bertz CT molecular complexity index is 1870. The quantitative estimate of drug-likeness (QED) is 0.152. The molecule has 0 saturated carbocycles. The van der Waals surface area contributed by atoms with Gasteiger partial charge in [0.2, 0.25) is 5.95 Å². The van der Waals surface area contributed by atoms with Gasteiger partial charge in [-0.15, -0.1) is 0 Å². The Morgan fingerprint density at radius 2 is 1.88 bits per heavy atom. The van der Waals surface area contributed by atoms with Gasteiger partial charge in [-0.1, -0.05) is 12.2 Å². The summed E-state index contributed by atoms with van der Waals surface area (Å²) in [6.07, 6.45) is 0.208. The first-order valence-electron chi connectivity index (χ1n) is 13.0. The molecule has 0 aromatic carbocycles. The van der Waals surface area contributed by atoms with Gasteiger partial charge in [-0.3, -0.25) is 23.4 Å². The Labute approximate surface area is 252 Å². The summed E-state index contributed by atoms with van der Waals surface area (Å²) in [7, 11) is 0. The third-order valence-corrected chi connectivity index (χ3v) is 10.6. The molecule has 7 rings (SSSR count). The molecule has 3 aliphatic heterocycles. The summed E-state index contributed by atoms with van der Waals surface area (Å²) in [5.41, 5.74) is 12.6. The number of aromatic nitrogens is 6. The maximum absolute atomic E-state index is 13.5. The standard InChI is InChI=1S/C22H26N8O9P2S2/c23-12-1-3-25-18-11(12)2-4-29(18)16-6-13-15(37-16)8-35-41(33,43)39-14-5-10(7-34-40(32,42)38-13)36-21(14)30-9-26-17-19(30)27-22(24)28-20(17)31/h1-4,9-10,13-16,21H,5-8H2,(H2,23,25)(H,32,42)(H,33,43)(H3,24,27,28,31)/t10?,13-,14+,15?,16+,21+,40?,41?/m0/s1. The van der Waals surface area contributed by atoms with Crippen molar-refractivity contribution in [1.82, 2.24) is 29.1 Å². The van der Waals surface area contributed by atoms with Crippen LogP contribution in [0.2, 0.25) is 0 Å². The second-order valence-corrected chi connectivity index (χ2v) is 15.9. The number of fused-ring (bicyclic) bond motifs is 5. The topological polar surface area (TPSA) is 226 Å². The highest BCUT2D eigenvalue weighted by Crippen LogP contribution is 2.58. The second-order valence-electron chi connectivity index (χ2n) is 10.2. The van der Waals surface area contributed by atoms with E-state index in [2.05, 4.69) is 32.2 Å². The number of rotatable bonds is 2. The molecule has 21 heteroatoms. The van der Waals surface area contributed by atoms with Crippen molar-refractivity contribution in [3.63, 3.8) is 0 Å². The van der Waals surface area contributed by atoms with Crippen molar-refractivity contribution in [2.24, 2.45) is 0 Å². The molecular formula is C22H26N8O9P2S2. The molecular weight excluding hydrogens is 646 g/mol. The number of nitrogen functional groups attached to an aromatic ring is 2. The Morgan fingerprint density at radius 3 is 2.72 bits per heavy atom. The molecule has 4 unspecified atom stereocenters. The molecule has 3 saturated heterocycles. The SMILES string of the molecule is Nc1nc2c(ncn2[C@@H]2OC3COP(O)(=S)O[C@H]4C[C@H](n5ccc6c(N)ccnc65)OC4COP(=O)(S)O[C@@H]2C3)c(=O)[nH]1. The molecule has 0 radical (unpaired) electrons. The molecule has 43 heavy (non-hydrogen) atoms. The smallest absolute Gasteiger partial charge is 0.386 e. The maximum Gasteiger partial charge on any atom is 0.386 e. The van der Waals surface area contributed by atoms with E-state index in [1.54, 1.807) is 23.0 Å². The number of imidazole rings is 1. The van der Waals surface area contributed by atoms with Crippen molar-refractivity contribution in [3.05, 3.63) is 41.2 Å². The van der Waals surface area contributed by atoms with Crippen LogP contribution in [0.3, 0.4) is 0 Å². The van der Waals surface area contributed by atoms with E-state index in [-0.39, 0.29) is 43.2 Å². The minimum absolute atomic E-state index is 0.0163. The normalized spacial score (nSPS) is 35.4. The summed E-state index contributed by atoms with van der Waals surface area (Å²) in [4.78, 5) is 38.4. The molecule has 0 aliphatic carbocycles. The van der Waals surface area contributed by atoms with Crippen LogP contribution in [0.25, 0.3) is 22.2 Å². The zero-order valence-corrected chi connectivity index (χ0v) is 25.5. The number of hydrogen-bond acceptors (Lipinski definition) is 14. The number of hydrogen-bond donors (Lipinski definition) is 5. The molecule has 8 atom stereocenters. The zero-order valence-electron chi connectivity index (χ0n) is 22.0. The largest absolute Gasteiger partial charge is 0.398 e. The van der Waals surface area contributed by atoms with Gasteiger partial charge in [-0.25, -0.2) is 14.5 Å². The summed E-state index contributed by atoms with van der Waals surface area (Å²) in [6, 6.07) is 3.51. The van der Waals surface area contributed by atoms with Crippen molar-refractivity contribution >= 4 is 71.4 Å². The Kier molecular flexibility index (Phi) is 7.42. The summed E-state index contributed by atoms with van der Waals surface area (Å²) < 4.78 is 52.2. The minimum atomic E-state index is -4.05. The summed E-state index contributed by atoms with van der Waals surface area (Å²) >= 11 is 9.54. The monoisotopic (exact) mass is 672 g/mol. The van der Waals surface area contributed by atoms with Gasteiger partial charge in [-0.2, -0.15) is 4.98 Å². The van der Waals surface area contributed by atoms with Crippen LogP contribution in [0, 0.1) is 0 Å². The number of nitrogens with two attached hydrogens (primary N) is 2. The molecule has 4 aromatic heterocycles. The number of pyridine rings is 1. The van der Waals surface area contributed by atoms with Gasteiger partial charge in [0.1, 0.15) is 24.1 Å². The van der Waals surface area contributed by atoms with Gasteiger partial charge in [0.25, 0.3) is 5.56 Å². The lowest BCUT2D eigenvalue weighted by Gasteiger charge is -2.26. The highest BCUT2D eigenvalue weighted by atomic mass is 32.7. The molecule has 17 nitrogen and oxygen atoms in total. The number of nitrogens with one attached hydrogen (secondary N) is 1. The van der Waals surface area contributed by atoms with E-state index < -0.39 is 55.9 Å². The van der Waals surface area contributed by atoms with Crippen molar-refractivity contribution in [3.8, 4) is 0 Å². The first kappa shape index (κ1) is 29.3. The predicted molar refractivity (Wildman–Crippen MR) is 159 cm³/mol. The van der Waals surface area contributed by atoms with Gasteiger partial charge >= 0.3 is 13.5 Å². The Hall–Kier alpha value is -2.41. The number of anilines is 2. The molecule has 230 valence electrons. The van der Waals surface area contributed by atoms with E-state index in [4.69, 9.17) is 50.8 Å². The van der Waals surface area contributed by atoms with E-state index in [0.29, 0.717) is 11.3 Å². The number of nitrogens with zero attached hydrogens (tertiary/aromatic N) is 5. The maximum atomic E-state index is 13.5. The van der Waals surface area contributed by atoms with Gasteiger partial charge in [0, 0.05) is 36.3 Å². The third-order valence-electron chi connectivity index (χ3n) is 7.37. The summed E-state index contributed by atoms with van der Waals surface area (Å²) in [5, 5.41) is 0.743. The molecule has 3 aliphatic rings. The van der Waals surface area contributed by atoms with Crippen LogP contribution in [0.4, 0.5) is 11.6 Å². The fraction of sp³-hybridized carbons (Fsp3) is 0.455. The van der Waals surface area contributed by atoms with Crippen LogP contribution in [-0.2, 0) is 43.9 Å². The molecule has 2 bridgehead atoms. The predicted octanol–water partition coefficient (Wildman–Crippen LogP) is 1.98. The lowest BCUT2D eigenvalue weighted by atomic mass is 10.2. The van der Waals surface area contributed by atoms with Gasteiger partial charge in [0.05, 0.1) is 31.7 Å².